The van der Waals surface area contributed by atoms with Crippen LogP contribution in [0, 0.1) is 5.92 Å². The Morgan fingerprint density at radius 1 is 1.26 bits per heavy atom. The highest BCUT2D eigenvalue weighted by Crippen LogP contribution is 2.47. The number of nitrogens with one attached hydrogen (secondary N) is 1. The van der Waals surface area contributed by atoms with Gasteiger partial charge in [0, 0.05) is 12.6 Å². The molecule has 0 radical (unpaired) electrons. The highest BCUT2D eigenvalue weighted by molar-refractivity contribution is 4.99. The monoisotopic (exact) mass is 267 g/mol. The third-order valence-electron chi connectivity index (χ3n) is 5.71. The Bertz CT molecular complexity index is 306. The van der Waals surface area contributed by atoms with Crippen molar-refractivity contribution < 1.29 is 9.84 Å². The van der Waals surface area contributed by atoms with Crippen molar-refractivity contribution in [3.63, 3.8) is 0 Å². The van der Waals surface area contributed by atoms with E-state index < -0.39 is 5.60 Å². The van der Waals surface area contributed by atoms with E-state index in [0.29, 0.717) is 12.0 Å². The lowest BCUT2D eigenvalue weighted by Gasteiger charge is -2.50. The Labute approximate surface area is 117 Å². The van der Waals surface area contributed by atoms with Gasteiger partial charge in [0.25, 0.3) is 0 Å². The smallest absolute Gasteiger partial charge is 0.0686 e. The highest BCUT2D eigenvalue weighted by Gasteiger charge is 2.47. The fourth-order valence-corrected chi connectivity index (χ4v) is 4.24. The molecule has 3 unspecified atom stereocenters. The molecule has 3 fully saturated rings. The van der Waals surface area contributed by atoms with Crippen molar-refractivity contribution in [1.29, 1.82) is 0 Å². The topological polar surface area (TPSA) is 41.5 Å². The second-order valence-corrected chi connectivity index (χ2v) is 7.28. The summed E-state index contributed by atoms with van der Waals surface area (Å²) in [6.07, 6.45) is 10.6. The van der Waals surface area contributed by atoms with E-state index in [9.17, 15) is 5.11 Å². The van der Waals surface area contributed by atoms with Crippen LogP contribution in [-0.2, 0) is 4.74 Å². The first kappa shape index (κ1) is 13.8. The second kappa shape index (κ2) is 5.34. The van der Waals surface area contributed by atoms with Gasteiger partial charge in [0.2, 0.25) is 0 Å². The van der Waals surface area contributed by atoms with E-state index in [1.807, 2.05) is 0 Å². The van der Waals surface area contributed by atoms with E-state index in [-0.39, 0.29) is 5.60 Å². The average Bonchev–Trinajstić information content (AvgIpc) is 2.38. The molecule has 1 spiro atoms. The summed E-state index contributed by atoms with van der Waals surface area (Å²) < 4.78 is 5.99. The summed E-state index contributed by atoms with van der Waals surface area (Å²) in [5.41, 5.74) is -0.381. The maximum atomic E-state index is 10.9. The zero-order chi connectivity index (χ0) is 13.3. The molecule has 2 aliphatic heterocycles. The van der Waals surface area contributed by atoms with Crippen LogP contribution in [-0.4, -0.2) is 35.5 Å². The second-order valence-electron chi connectivity index (χ2n) is 7.28. The summed E-state index contributed by atoms with van der Waals surface area (Å²) in [5, 5.41) is 14.5. The minimum atomic E-state index is -0.526. The summed E-state index contributed by atoms with van der Waals surface area (Å²) in [7, 11) is 0. The Morgan fingerprint density at radius 2 is 2.11 bits per heavy atom. The fourth-order valence-electron chi connectivity index (χ4n) is 4.24. The highest BCUT2D eigenvalue weighted by atomic mass is 16.5. The Hall–Kier alpha value is -0.120. The summed E-state index contributed by atoms with van der Waals surface area (Å²) in [6, 6.07) is 0.518. The molecule has 1 saturated carbocycles. The van der Waals surface area contributed by atoms with Crippen molar-refractivity contribution in [3.05, 3.63) is 0 Å². The van der Waals surface area contributed by atoms with Gasteiger partial charge in [0.1, 0.15) is 0 Å². The molecule has 2 heterocycles. The van der Waals surface area contributed by atoms with Crippen molar-refractivity contribution in [2.24, 2.45) is 5.92 Å². The predicted octanol–water partition coefficient (Wildman–Crippen LogP) is 2.62. The molecule has 3 nitrogen and oxygen atoms in total. The van der Waals surface area contributed by atoms with Crippen LogP contribution in [0.2, 0.25) is 0 Å². The van der Waals surface area contributed by atoms with Crippen LogP contribution in [0.1, 0.15) is 64.7 Å². The summed E-state index contributed by atoms with van der Waals surface area (Å²) >= 11 is 0. The number of hydrogen-bond acceptors (Lipinski definition) is 3. The molecular formula is C16H29NO2. The fraction of sp³-hybridized carbons (Fsp3) is 1.00. The standard InChI is InChI=1S/C16H29NO2/c1-15(18,12-14-5-2-3-9-17-14)13-6-10-19-16(11-13)7-4-8-16/h13-14,17-18H,2-12H2,1H3. The van der Waals surface area contributed by atoms with Gasteiger partial charge < -0.3 is 15.2 Å². The number of rotatable bonds is 3. The van der Waals surface area contributed by atoms with Crippen LogP contribution in [0.15, 0.2) is 0 Å². The van der Waals surface area contributed by atoms with Gasteiger partial charge in [-0.2, -0.15) is 0 Å². The summed E-state index contributed by atoms with van der Waals surface area (Å²) in [4.78, 5) is 0. The SMILES string of the molecule is CC(O)(CC1CCCCN1)C1CCOC2(CCC2)C1. The normalized spacial score (nSPS) is 37.6. The molecule has 0 aromatic heterocycles. The predicted molar refractivity (Wildman–Crippen MR) is 76.1 cm³/mol. The van der Waals surface area contributed by atoms with Gasteiger partial charge in [0.05, 0.1) is 11.2 Å². The lowest BCUT2D eigenvalue weighted by atomic mass is 9.67. The molecule has 3 aliphatic rings. The lowest BCUT2D eigenvalue weighted by Crippen LogP contribution is -2.52. The zero-order valence-electron chi connectivity index (χ0n) is 12.3. The minimum Gasteiger partial charge on any atom is -0.390 e. The number of aliphatic hydroxyl groups is 1. The first-order valence-electron chi connectivity index (χ1n) is 8.19. The maximum absolute atomic E-state index is 10.9. The number of hydrogen-bond donors (Lipinski definition) is 2. The third kappa shape index (κ3) is 2.98. The molecule has 0 aromatic rings. The molecule has 3 heteroatoms. The largest absolute Gasteiger partial charge is 0.390 e. The molecule has 3 rings (SSSR count). The zero-order valence-corrected chi connectivity index (χ0v) is 12.3. The molecular weight excluding hydrogens is 238 g/mol. The Balaban J connectivity index is 1.58. The molecule has 0 amide bonds. The summed E-state index contributed by atoms with van der Waals surface area (Å²) in [6.45, 7) is 4.03. The van der Waals surface area contributed by atoms with Gasteiger partial charge in [-0.15, -0.1) is 0 Å². The Morgan fingerprint density at radius 3 is 2.74 bits per heavy atom. The molecule has 1 aliphatic carbocycles. The van der Waals surface area contributed by atoms with Crippen molar-refractivity contribution >= 4 is 0 Å². The van der Waals surface area contributed by atoms with Crippen LogP contribution in [0.3, 0.4) is 0 Å². The minimum absolute atomic E-state index is 0.146. The van der Waals surface area contributed by atoms with Crippen molar-refractivity contribution in [1.82, 2.24) is 5.32 Å². The van der Waals surface area contributed by atoms with Crippen LogP contribution >= 0.6 is 0 Å². The first-order valence-corrected chi connectivity index (χ1v) is 8.19. The van der Waals surface area contributed by atoms with Gasteiger partial charge in [-0.1, -0.05) is 6.42 Å². The van der Waals surface area contributed by atoms with E-state index in [4.69, 9.17) is 4.74 Å². The van der Waals surface area contributed by atoms with Gasteiger partial charge >= 0.3 is 0 Å². The summed E-state index contributed by atoms with van der Waals surface area (Å²) in [5.74, 6) is 0.422. The molecule has 2 N–H and O–H groups in total. The maximum Gasteiger partial charge on any atom is 0.0686 e. The molecule has 0 bridgehead atoms. The molecule has 2 saturated heterocycles. The number of ether oxygens (including phenoxy) is 1. The van der Waals surface area contributed by atoms with Gasteiger partial charge in [-0.05, 0) is 70.8 Å². The molecule has 0 aromatic carbocycles. The third-order valence-corrected chi connectivity index (χ3v) is 5.71. The van der Waals surface area contributed by atoms with Gasteiger partial charge in [-0.3, -0.25) is 0 Å². The van der Waals surface area contributed by atoms with Gasteiger partial charge in [0.15, 0.2) is 0 Å². The van der Waals surface area contributed by atoms with Crippen LogP contribution in [0.5, 0.6) is 0 Å². The number of piperidine rings is 1. The van der Waals surface area contributed by atoms with Crippen molar-refractivity contribution in [2.45, 2.75) is 82.0 Å². The van der Waals surface area contributed by atoms with Crippen molar-refractivity contribution in [3.8, 4) is 0 Å². The lowest BCUT2D eigenvalue weighted by molar-refractivity contribution is -0.174. The van der Waals surface area contributed by atoms with E-state index in [2.05, 4.69) is 12.2 Å². The van der Waals surface area contributed by atoms with E-state index in [1.54, 1.807) is 0 Å². The van der Waals surface area contributed by atoms with E-state index in [1.165, 1.54) is 38.5 Å². The quantitative estimate of drug-likeness (QED) is 0.826. The van der Waals surface area contributed by atoms with Crippen LogP contribution < -0.4 is 5.32 Å². The van der Waals surface area contributed by atoms with Crippen LogP contribution in [0.25, 0.3) is 0 Å². The average molecular weight is 267 g/mol. The van der Waals surface area contributed by atoms with E-state index in [0.717, 1.165) is 32.4 Å². The van der Waals surface area contributed by atoms with Crippen molar-refractivity contribution in [2.75, 3.05) is 13.2 Å². The molecule has 19 heavy (non-hydrogen) atoms. The van der Waals surface area contributed by atoms with E-state index >= 15 is 0 Å². The van der Waals surface area contributed by atoms with Gasteiger partial charge in [-0.25, -0.2) is 0 Å². The molecule has 3 atom stereocenters. The first-order chi connectivity index (χ1) is 9.10. The van der Waals surface area contributed by atoms with Crippen LogP contribution in [0.4, 0.5) is 0 Å². The Kier molecular flexibility index (Phi) is 3.89. The molecule has 110 valence electrons.